The van der Waals surface area contributed by atoms with Crippen LogP contribution in [0.15, 0.2) is 0 Å². The third-order valence-corrected chi connectivity index (χ3v) is 5.09. The van der Waals surface area contributed by atoms with Crippen LogP contribution in [0.3, 0.4) is 0 Å². The molecule has 0 rings (SSSR count). The minimum absolute atomic E-state index is 0.765. The van der Waals surface area contributed by atoms with Gasteiger partial charge in [0.05, 0.1) is 0 Å². The molecule has 6 heteroatoms. The van der Waals surface area contributed by atoms with Crippen molar-refractivity contribution in [1.29, 1.82) is 0 Å². The Balaban J connectivity index is 4.00. The zero-order chi connectivity index (χ0) is 9.12. The second-order valence-electron chi connectivity index (χ2n) is 1.86. The van der Waals surface area contributed by atoms with Gasteiger partial charge in [0.1, 0.15) is 0 Å². The largest absolute Gasteiger partial charge is 0.232 e. The number of halogens is 5. The topological polar surface area (TPSA) is 0 Å². The zero-order valence-electron chi connectivity index (χ0n) is 5.71. The quantitative estimate of drug-likeness (QED) is 0.677. The highest BCUT2D eigenvalue weighted by Gasteiger charge is 2.46. The summed E-state index contributed by atoms with van der Waals surface area (Å²) in [6, 6.07) is 0. The molecule has 0 heterocycles. The van der Waals surface area contributed by atoms with E-state index in [1.165, 1.54) is 11.8 Å². The van der Waals surface area contributed by atoms with Crippen molar-refractivity contribution < 1.29 is 0 Å². The third kappa shape index (κ3) is 4.54. The van der Waals surface area contributed by atoms with Gasteiger partial charge in [-0.25, -0.2) is 0 Å². The lowest BCUT2D eigenvalue weighted by atomic mass is 10.6. The summed E-state index contributed by atoms with van der Waals surface area (Å²) in [4.78, 5) is 0. The van der Waals surface area contributed by atoms with Gasteiger partial charge in [-0.2, -0.15) is 0 Å². The first-order chi connectivity index (χ1) is 4.81. The fraction of sp³-hybridized carbons (Fsp3) is 1.00. The Kier molecular flexibility index (Phi) is 5.67. The molecule has 0 saturated carbocycles. The van der Waals surface area contributed by atoms with Crippen molar-refractivity contribution in [2.24, 2.45) is 0 Å². The van der Waals surface area contributed by atoms with Crippen LogP contribution >= 0.6 is 69.8 Å². The highest BCUT2D eigenvalue weighted by molar-refractivity contribution is 8.03. The maximum atomic E-state index is 5.72. The van der Waals surface area contributed by atoms with E-state index in [2.05, 4.69) is 0 Å². The van der Waals surface area contributed by atoms with Gasteiger partial charge in [0.15, 0.2) is 0 Å². The summed E-state index contributed by atoms with van der Waals surface area (Å²) in [5.41, 5.74) is 0. The van der Waals surface area contributed by atoms with Crippen LogP contribution in [-0.4, -0.2) is 13.2 Å². The van der Waals surface area contributed by atoms with Gasteiger partial charge >= 0.3 is 0 Å². The maximum absolute atomic E-state index is 5.72. The molecule has 0 N–H and O–H groups in total. The van der Waals surface area contributed by atoms with E-state index in [-0.39, 0.29) is 0 Å². The van der Waals surface area contributed by atoms with Crippen LogP contribution in [0.4, 0.5) is 0 Å². The summed E-state index contributed by atoms with van der Waals surface area (Å²) in [6.45, 7) is 2.00. The van der Waals surface area contributed by atoms with Gasteiger partial charge in [0.2, 0.25) is 7.46 Å². The lowest BCUT2D eigenvalue weighted by Crippen LogP contribution is -2.27. The first-order valence-electron chi connectivity index (χ1n) is 2.89. The lowest BCUT2D eigenvalue weighted by Gasteiger charge is -2.26. The number of alkyl halides is 5. The summed E-state index contributed by atoms with van der Waals surface area (Å²) in [5.74, 6) is 0.765. The Hall–Kier alpha value is 1.80. The molecule has 0 aliphatic heterocycles. The molecular weight excluding hydrogens is 269 g/mol. The summed E-state index contributed by atoms with van der Waals surface area (Å²) < 4.78 is -3.00. The van der Waals surface area contributed by atoms with Gasteiger partial charge in [-0.05, 0) is 12.2 Å². The summed E-state index contributed by atoms with van der Waals surface area (Å²) in [6.07, 6.45) is 0.937. The van der Waals surface area contributed by atoms with Crippen molar-refractivity contribution in [2.75, 3.05) is 5.75 Å². The Labute approximate surface area is 95.8 Å². The molecule has 0 spiro atoms. The molecule has 68 valence electrons. The molecule has 0 nitrogen and oxygen atoms in total. The number of hydrogen-bond donors (Lipinski definition) is 0. The minimum atomic E-state index is -1.64. The molecule has 0 aromatic carbocycles. The predicted octanol–water partition coefficient (Wildman–Crippen LogP) is 4.63. The van der Waals surface area contributed by atoms with E-state index in [9.17, 15) is 0 Å². The molecule has 0 bridgehead atoms. The highest BCUT2D eigenvalue weighted by atomic mass is 35.6. The molecule has 0 radical (unpaired) electrons. The molecule has 0 unspecified atom stereocenters. The van der Waals surface area contributed by atoms with E-state index in [1.54, 1.807) is 0 Å². The monoisotopic (exact) mass is 274 g/mol. The number of hydrogen-bond acceptors (Lipinski definition) is 1. The fourth-order valence-corrected chi connectivity index (χ4v) is 1.89. The average Bonchev–Trinajstić information content (AvgIpc) is 1.81. The van der Waals surface area contributed by atoms with Crippen LogP contribution in [0.25, 0.3) is 0 Å². The van der Waals surface area contributed by atoms with Crippen LogP contribution in [0.1, 0.15) is 13.3 Å². The van der Waals surface area contributed by atoms with Crippen LogP contribution < -0.4 is 0 Å². The second-order valence-corrected chi connectivity index (χ2v) is 7.23. The van der Waals surface area contributed by atoms with E-state index in [1.807, 2.05) is 6.92 Å². The number of thioether (sulfide) groups is 1. The normalized spacial score (nSPS) is 13.6. The maximum Gasteiger partial charge on any atom is 0.232 e. The van der Waals surface area contributed by atoms with Gasteiger partial charge in [-0.15, -0.1) is 11.8 Å². The molecule has 0 aromatic rings. The molecule has 0 aliphatic rings. The van der Waals surface area contributed by atoms with Gasteiger partial charge in [-0.3, -0.25) is 0 Å². The molecule has 0 amide bonds. The van der Waals surface area contributed by atoms with E-state index in [0.717, 1.165) is 12.2 Å². The molecule has 0 fully saturated rings. The van der Waals surface area contributed by atoms with Gasteiger partial charge in [-0.1, -0.05) is 64.9 Å². The summed E-state index contributed by atoms with van der Waals surface area (Å²) in [7, 11) is 0. The third-order valence-electron chi connectivity index (χ3n) is 0.817. The second kappa shape index (κ2) is 4.88. The molecule has 0 saturated heterocycles. The van der Waals surface area contributed by atoms with E-state index in [4.69, 9.17) is 58.0 Å². The van der Waals surface area contributed by atoms with Crippen LogP contribution in [0.5, 0.6) is 0 Å². The Morgan fingerprint density at radius 1 is 1.09 bits per heavy atom. The van der Waals surface area contributed by atoms with Crippen LogP contribution in [0, 0.1) is 0 Å². The predicted molar refractivity (Wildman–Crippen MR) is 57.5 cm³/mol. The minimum Gasteiger partial charge on any atom is -0.119 e. The van der Waals surface area contributed by atoms with Crippen molar-refractivity contribution in [3.63, 3.8) is 0 Å². The fourth-order valence-electron chi connectivity index (χ4n) is 0.312. The molecule has 0 aromatic heterocycles. The first-order valence-corrected chi connectivity index (χ1v) is 5.77. The van der Waals surface area contributed by atoms with Gasteiger partial charge < -0.3 is 0 Å². The standard InChI is InChI=1S/C5H7Cl5S/c1-2-3-11-5(9,10)4(6,7)8/h2-3H2,1H3. The van der Waals surface area contributed by atoms with E-state index in [0.29, 0.717) is 0 Å². The Bertz CT molecular complexity index is 119. The van der Waals surface area contributed by atoms with Crippen molar-refractivity contribution in [2.45, 2.75) is 20.8 Å². The van der Waals surface area contributed by atoms with E-state index < -0.39 is 7.46 Å². The smallest absolute Gasteiger partial charge is 0.119 e. The molecule has 0 aliphatic carbocycles. The molecule has 11 heavy (non-hydrogen) atoms. The van der Waals surface area contributed by atoms with Crippen LogP contribution in [-0.2, 0) is 0 Å². The lowest BCUT2D eigenvalue weighted by molar-refractivity contribution is 1.07. The molecular formula is C5H7Cl5S. The van der Waals surface area contributed by atoms with E-state index >= 15 is 0 Å². The zero-order valence-corrected chi connectivity index (χ0v) is 10.3. The number of rotatable bonds is 3. The van der Waals surface area contributed by atoms with Gasteiger partial charge in [0, 0.05) is 0 Å². The average molecular weight is 276 g/mol. The highest BCUT2D eigenvalue weighted by Crippen LogP contribution is 2.52. The SMILES string of the molecule is CCCSC(Cl)(Cl)C(Cl)(Cl)Cl. The summed E-state index contributed by atoms with van der Waals surface area (Å²) >= 11 is 29.2. The Morgan fingerprint density at radius 2 is 1.55 bits per heavy atom. The van der Waals surface area contributed by atoms with Crippen LogP contribution in [0.2, 0.25) is 0 Å². The first kappa shape index (κ1) is 12.8. The van der Waals surface area contributed by atoms with Crippen molar-refractivity contribution >= 4 is 69.8 Å². The van der Waals surface area contributed by atoms with Crippen molar-refractivity contribution in [3.8, 4) is 0 Å². The van der Waals surface area contributed by atoms with Crippen molar-refractivity contribution in [1.82, 2.24) is 0 Å². The summed E-state index contributed by atoms with van der Waals surface area (Å²) in [5, 5.41) is 0. The molecule has 0 atom stereocenters. The Morgan fingerprint density at radius 3 is 1.82 bits per heavy atom. The van der Waals surface area contributed by atoms with Crippen molar-refractivity contribution in [3.05, 3.63) is 0 Å². The van der Waals surface area contributed by atoms with Gasteiger partial charge in [0.25, 0.3) is 0 Å².